The molecule has 11 heteroatoms. The third-order valence-electron chi connectivity index (χ3n) is 5.11. The third-order valence-corrected chi connectivity index (χ3v) is 5.85. The van der Waals surface area contributed by atoms with Gasteiger partial charge in [-0.2, -0.15) is 0 Å². The molecule has 1 fully saturated rings. The first kappa shape index (κ1) is 25.2. The SMILES string of the molecule is CCOc1cc(C=C2NC(=O)N(Cc3ccc(Cl)c(Cl)c3)C2=O)ccc1OCc1ccc(C(=O)O)o1. The average Bonchev–Trinajstić information content (AvgIpc) is 3.42. The second-order valence-corrected chi connectivity index (χ2v) is 8.44. The minimum atomic E-state index is -1.17. The fourth-order valence-corrected chi connectivity index (χ4v) is 3.74. The molecule has 1 aliphatic heterocycles. The number of nitrogens with one attached hydrogen (secondary N) is 1. The van der Waals surface area contributed by atoms with Crippen molar-refractivity contribution in [1.82, 2.24) is 10.2 Å². The number of carboxylic acids is 1. The van der Waals surface area contributed by atoms with Crippen LogP contribution in [0.4, 0.5) is 4.79 Å². The molecule has 0 unspecified atom stereocenters. The average molecular weight is 531 g/mol. The lowest BCUT2D eigenvalue weighted by Crippen LogP contribution is -2.30. The van der Waals surface area contributed by atoms with Crippen LogP contribution in [0.5, 0.6) is 11.5 Å². The third kappa shape index (κ3) is 5.64. The number of imide groups is 1. The number of rotatable bonds is 9. The van der Waals surface area contributed by atoms with Crippen molar-refractivity contribution in [2.75, 3.05) is 6.61 Å². The largest absolute Gasteiger partial charge is 0.490 e. The Morgan fingerprint density at radius 1 is 1.06 bits per heavy atom. The smallest absolute Gasteiger partial charge is 0.371 e. The van der Waals surface area contributed by atoms with Gasteiger partial charge in [-0.05, 0) is 60.5 Å². The maximum absolute atomic E-state index is 12.9. The topological polar surface area (TPSA) is 118 Å². The van der Waals surface area contributed by atoms with Gasteiger partial charge in [0.1, 0.15) is 18.1 Å². The Hall–Kier alpha value is -3.95. The number of carbonyl (C=O) groups excluding carboxylic acids is 2. The summed E-state index contributed by atoms with van der Waals surface area (Å²) in [5, 5.41) is 12.3. The zero-order chi connectivity index (χ0) is 25.8. The molecule has 2 heterocycles. The predicted octanol–water partition coefficient (Wildman–Crippen LogP) is 5.36. The molecule has 1 saturated heterocycles. The highest BCUT2D eigenvalue weighted by molar-refractivity contribution is 6.42. The van der Waals surface area contributed by atoms with Crippen molar-refractivity contribution >= 4 is 47.2 Å². The predicted molar refractivity (Wildman–Crippen MR) is 131 cm³/mol. The van der Waals surface area contributed by atoms with Crippen molar-refractivity contribution in [2.24, 2.45) is 0 Å². The molecule has 186 valence electrons. The van der Waals surface area contributed by atoms with Gasteiger partial charge in [-0.3, -0.25) is 9.69 Å². The molecule has 1 aliphatic rings. The summed E-state index contributed by atoms with van der Waals surface area (Å²) in [5.74, 6) is -0.704. The molecule has 0 aliphatic carbocycles. The van der Waals surface area contributed by atoms with E-state index in [2.05, 4.69) is 5.32 Å². The van der Waals surface area contributed by atoms with Crippen molar-refractivity contribution in [3.05, 3.63) is 86.9 Å². The molecule has 9 nitrogen and oxygen atoms in total. The number of aromatic carboxylic acids is 1. The van der Waals surface area contributed by atoms with Crippen LogP contribution >= 0.6 is 23.2 Å². The number of halogens is 2. The van der Waals surface area contributed by atoms with E-state index in [0.717, 1.165) is 4.90 Å². The fourth-order valence-electron chi connectivity index (χ4n) is 3.42. The molecule has 0 bridgehead atoms. The molecular weight excluding hydrogens is 511 g/mol. The van der Waals surface area contributed by atoms with E-state index < -0.39 is 17.9 Å². The van der Waals surface area contributed by atoms with Crippen LogP contribution in [0, 0.1) is 0 Å². The van der Waals surface area contributed by atoms with E-state index in [0.29, 0.717) is 45.0 Å². The summed E-state index contributed by atoms with van der Waals surface area (Å²) in [6.45, 7) is 2.19. The van der Waals surface area contributed by atoms with Gasteiger partial charge in [0.2, 0.25) is 5.76 Å². The van der Waals surface area contributed by atoms with E-state index in [4.69, 9.17) is 42.2 Å². The zero-order valence-corrected chi connectivity index (χ0v) is 20.4. The van der Waals surface area contributed by atoms with Crippen molar-refractivity contribution in [2.45, 2.75) is 20.1 Å². The lowest BCUT2D eigenvalue weighted by molar-refractivity contribution is -0.123. The Balaban J connectivity index is 1.49. The van der Waals surface area contributed by atoms with Crippen LogP contribution in [0.25, 0.3) is 6.08 Å². The summed E-state index contributed by atoms with van der Waals surface area (Å²) in [7, 11) is 0. The van der Waals surface area contributed by atoms with Crippen molar-refractivity contribution in [3.63, 3.8) is 0 Å². The number of urea groups is 1. The summed E-state index contributed by atoms with van der Waals surface area (Å²) < 4.78 is 16.6. The standard InChI is InChI=1S/C25H20Cl2N2O7/c1-2-34-22-11-14(4-7-20(22)35-13-16-5-8-21(36-16)24(31)32)10-19-23(30)29(25(33)28-19)12-15-3-6-17(26)18(27)9-15/h3-11H,2,12-13H2,1H3,(H,28,33)(H,31,32). The fraction of sp³-hybridized carbons (Fsp3) is 0.160. The van der Waals surface area contributed by atoms with E-state index >= 15 is 0 Å². The molecule has 4 rings (SSSR count). The molecule has 0 atom stereocenters. The minimum Gasteiger partial charge on any atom is -0.490 e. The molecule has 36 heavy (non-hydrogen) atoms. The molecule has 3 amide bonds. The van der Waals surface area contributed by atoms with Gasteiger partial charge in [0.15, 0.2) is 11.5 Å². The Morgan fingerprint density at radius 2 is 1.86 bits per heavy atom. The second kappa shape index (κ2) is 10.8. The first-order valence-corrected chi connectivity index (χ1v) is 11.5. The normalized spacial score (nSPS) is 14.3. The highest BCUT2D eigenvalue weighted by Gasteiger charge is 2.33. The van der Waals surface area contributed by atoms with Crippen LogP contribution in [0.1, 0.15) is 34.4 Å². The first-order chi connectivity index (χ1) is 17.2. The van der Waals surface area contributed by atoms with Crippen LogP contribution in [-0.2, 0) is 17.9 Å². The number of amides is 3. The van der Waals surface area contributed by atoms with Gasteiger partial charge in [0.25, 0.3) is 5.91 Å². The minimum absolute atomic E-state index is 0.00793. The van der Waals surface area contributed by atoms with E-state index in [1.807, 2.05) is 6.92 Å². The van der Waals surface area contributed by atoms with Gasteiger partial charge in [-0.1, -0.05) is 35.3 Å². The number of carboxylic acid groups (broad SMARTS) is 1. The molecule has 3 aromatic rings. The van der Waals surface area contributed by atoms with Crippen LogP contribution in [-0.4, -0.2) is 34.5 Å². The summed E-state index contributed by atoms with van der Waals surface area (Å²) in [6, 6.07) is 12.2. The summed E-state index contributed by atoms with van der Waals surface area (Å²) in [6.07, 6.45) is 1.53. The number of carbonyl (C=O) groups is 3. The lowest BCUT2D eigenvalue weighted by atomic mass is 10.1. The molecular formula is C25H20Cl2N2O7. The number of ether oxygens (including phenoxy) is 2. The number of furan rings is 1. The Bertz CT molecular complexity index is 1370. The van der Waals surface area contributed by atoms with E-state index in [1.54, 1.807) is 36.4 Å². The lowest BCUT2D eigenvalue weighted by Gasteiger charge is -2.12. The molecule has 0 spiro atoms. The van der Waals surface area contributed by atoms with Crippen LogP contribution in [0.3, 0.4) is 0 Å². The number of hydrogen-bond acceptors (Lipinski definition) is 6. The number of benzene rings is 2. The summed E-state index contributed by atoms with van der Waals surface area (Å²) in [5.41, 5.74) is 1.35. The van der Waals surface area contributed by atoms with Crippen molar-refractivity contribution in [3.8, 4) is 11.5 Å². The van der Waals surface area contributed by atoms with Crippen LogP contribution in [0.15, 0.2) is 58.6 Å². The molecule has 1 aromatic heterocycles. The Morgan fingerprint density at radius 3 is 2.56 bits per heavy atom. The highest BCUT2D eigenvalue weighted by Crippen LogP contribution is 2.31. The molecule has 2 N–H and O–H groups in total. The van der Waals surface area contributed by atoms with E-state index in [9.17, 15) is 14.4 Å². The van der Waals surface area contributed by atoms with Gasteiger partial charge in [-0.25, -0.2) is 9.59 Å². The Kier molecular flexibility index (Phi) is 7.52. The van der Waals surface area contributed by atoms with E-state index in [-0.39, 0.29) is 24.6 Å². The Labute approximate surface area is 215 Å². The van der Waals surface area contributed by atoms with E-state index in [1.165, 1.54) is 18.2 Å². The first-order valence-electron chi connectivity index (χ1n) is 10.7. The number of nitrogens with zero attached hydrogens (tertiary/aromatic N) is 1. The van der Waals surface area contributed by atoms with Gasteiger partial charge >= 0.3 is 12.0 Å². The maximum atomic E-state index is 12.9. The van der Waals surface area contributed by atoms with Crippen molar-refractivity contribution < 1.29 is 33.4 Å². The second-order valence-electron chi connectivity index (χ2n) is 7.63. The maximum Gasteiger partial charge on any atom is 0.371 e. The highest BCUT2D eigenvalue weighted by atomic mass is 35.5. The molecule has 0 saturated carbocycles. The zero-order valence-electron chi connectivity index (χ0n) is 18.9. The molecule has 0 radical (unpaired) electrons. The van der Waals surface area contributed by atoms with Gasteiger partial charge in [-0.15, -0.1) is 0 Å². The monoisotopic (exact) mass is 530 g/mol. The quantitative estimate of drug-likeness (QED) is 0.282. The van der Waals surface area contributed by atoms with Crippen LogP contribution < -0.4 is 14.8 Å². The van der Waals surface area contributed by atoms with Crippen LogP contribution in [0.2, 0.25) is 10.0 Å². The van der Waals surface area contributed by atoms with Crippen molar-refractivity contribution in [1.29, 1.82) is 0 Å². The van der Waals surface area contributed by atoms with Gasteiger partial charge < -0.3 is 24.3 Å². The van der Waals surface area contributed by atoms with Gasteiger partial charge in [0.05, 0.1) is 23.2 Å². The molecule has 2 aromatic carbocycles. The number of hydrogen-bond donors (Lipinski definition) is 2. The van der Waals surface area contributed by atoms with Gasteiger partial charge in [0, 0.05) is 0 Å². The summed E-state index contributed by atoms with van der Waals surface area (Å²) >= 11 is 12.0. The summed E-state index contributed by atoms with van der Waals surface area (Å²) in [4.78, 5) is 37.3.